The molecule has 1 saturated heterocycles. The Morgan fingerprint density at radius 3 is 2.50 bits per heavy atom. The van der Waals surface area contributed by atoms with Crippen LogP contribution in [-0.2, 0) is 9.59 Å². The van der Waals surface area contributed by atoms with Crippen molar-refractivity contribution in [2.24, 2.45) is 0 Å². The van der Waals surface area contributed by atoms with Crippen LogP contribution < -0.4 is 5.32 Å². The van der Waals surface area contributed by atoms with E-state index in [-0.39, 0.29) is 18.2 Å². The summed E-state index contributed by atoms with van der Waals surface area (Å²) < 4.78 is 0.481. The minimum absolute atomic E-state index is 0.162. The van der Waals surface area contributed by atoms with Gasteiger partial charge in [-0.25, -0.2) is 0 Å². The second-order valence-corrected chi connectivity index (χ2v) is 8.48. The Balaban J connectivity index is 1.56. The molecule has 0 saturated carbocycles. The van der Waals surface area contributed by atoms with Gasteiger partial charge in [0, 0.05) is 18.0 Å². The summed E-state index contributed by atoms with van der Waals surface area (Å²) in [5, 5.41) is 3.82. The Morgan fingerprint density at radius 2 is 1.79 bits per heavy atom. The number of carbonyl (C=O) groups excluding carboxylic acids is 2. The first-order valence-electron chi connectivity index (χ1n) is 8.50. The number of halogens is 2. The molecule has 0 bridgehead atoms. The van der Waals surface area contributed by atoms with Crippen molar-refractivity contribution in [2.75, 3.05) is 11.9 Å². The van der Waals surface area contributed by atoms with Crippen LogP contribution in [0.15, 0.2) is 53.4 Å². The lowest BCUT2D eigenvalue weighted by atomic mass is 10.2. The Hall–Kier alpha value is -1.86. The van der Waals surface area contributed by atoms with E-state index in [9.17, 15) is 9.59 Å². The summed E-state index contributed by atoms with van der Waals surface area (Å²) in [6, 6.07) is 14.3. The fraction of sp³-hybridized carbons (Fsp3) is 0.150. The monoisotopic (exact) mass is 450 g/mol. The average Bonchev–Trinajstić information content (AvgIpc) is 2.93. The number of thioether (sulfide) groups is 1. The number of anilines is 1. The molecule has 1 aliphatic heterocycles. The van der Waals surface area contributed by atoms with Crippen molar-refractivity contribution in [1.29, 1.82) is 0 Å². The molecule has 144 valence electrons. The molecule has 1 aliphatic rings. The third-order valence-corrected chi connectivity index (χ3v) is 6.05. The highest BCUT2D eigenvalue weighted by Crippen LogP contribution is 2.33. The molecule has 0 spiro atoms. The number of benzene rings is 2. The van der Waals surface area contributed by atoms with Crippen molar-refractivity contribution in [3.8, 4) is 0 Å². The van der Waals surface area contributed by atoms with E-state index in [0.717, 1.165) is 5.56 Å². The largest absolute Gasteiger partial charge is 0.325 e. The van der Waals surface area contributed by atoms with E-state index < -0.39 is 0 Å². The minimum Gasteiger partial charge on any atom is -0.325 e. The summed E-state index contributed by atoms with van der Waals surface area (Å²) in [5.74, 6) is -0.327. The summed E-state index contributed by atoms with van der Waals surface area (Å²) in [4.78, 5) is 26.8. The Bertz CT molecular complexity index is 963. The number of nitrogens with zero attached hydrogens (tertiary/aromatic N) is 1. The Kier molecular flexibility index (Phi) is 7.13. The van der Waals surface area contributed by atoms with Gasteiger partial charge in [-0.15, -0.1) is 0 Å². The summed E-state index contributed by atoms with van der Waals surface area (Å²) in [6.07, 6.45) is 2.49. The van der Waals surface area contributed by atoms with Crippen LogP contribution in [0.1, 0.15) is 18.4 Å². The molecule has 0 unspecified atom stereocenters. The van der Waals surface area contributed by atoms with E-state index in [0.29, 0.717) is 37.9 Å². The van der Waals surface area contributed by atoms with Crippen LogP contribution in [0.5, 0.6) is 0 Å². The molecule has 0 radical (unpaired) electrons. The van der Waals surface area contributed by atoms with Crippen LogP contribution in [0.3, 0.4) is 0 Å². The van der Waals surface area contributed by atoms with Crippen LogP contribution in [-0.4, -0.2) is 27.6 Å². The molecule has 0 aliphatic carbocycles. The zero-order valence-corrected chi connectivity index (χ0v) is 17.8. The fourth-order valence-corrected chi connectivity index (χ4v) is 4.27. The van der Waals surface area contributed by atoms with Crippen molar-refractivity contribution in [2.45, 2.75) is 12.8 Å². The highest BCUT2D eigenvalue weighted by molar-refractivity contribution is 8.26. The molecule has 4 nitrogen and oxygen atoms in total. The third kappa shape index (κ3) is 5.14. The molecule has 8 heteroatoms. The average molecular weight is 451 g/mol. The number of thiocarbonyl (C=S) groups is 1. The van der Waals surface area contributed by atoms with Gasteiger partial charge in [0.05, 0.1) is 15.6 Å². The van der Waals surface area contributed by atoms with Crippen LogP contribution in [0, 0.1) is 0 Å². The van der Waals surface area contributed by atoms with Crippen molar-refractivity contribution >= 4 is 75.1 Å². The first-order chi connectivity index (χ1) is 13.5. The van der Waals surface area contributed by atoms with Gasteiger partial charge in [-0.3, -0.25) is 14.5 Å². The fourth-order valence-electron chi connectivity index (χ4n) is 2.60. The number of hydrogen-bond donors (Lipinski definition) is 1. The molecule has 1 heterocycles. The number of carbonyl (C=O) groups is 2. The van der Waals surface area contributed by atoms with E-state index in [1.54, 1.807) is 36.4 Å². The van der Waals surface area contributed by atoms with Gasteiger partial charge in [0.1, 0.15) is 4.32 Å². The second kappa shape index (κ2) is 9.56. The molecule has 3 rings (SSSR count). The number of rotatable bonds is 6. The van der Waals surface area contributed by atoms with Crippen molar-refractivity contribution < 1.29 is 9.59 Å². The minimum atomic E-state index is -0.165. The smallest absolute Gasteiger partial charge is 0.266 e. The molecular formula is C20H16Cl2N2O2S2. The van der Waals surface area contributed by atoms with Crippen LogP contribution in [0.25, 0.3) is 6.08 Å². The van der Waals surface area contributed by atoms with E-state index in [4.69, 9.17) is 35.4 Å². The van der Waals surface area contributed by atoms with Crippen molar-refractivity contribution in [3.63, 3.8) is 0 Å². The summed E-state index contributed by atoms with van der Waals surface area (Å²) >= 11 is 18.8. The molecular weight excluding hydrogens is 435 g/mol. The maximum absolute atomic E-state index is 12.6. The third-order valence-electron chi connectivity index (χ3n) is 4.00. The normalized spacial score (nSPS) is 15.4. The molecule has 0 aromatic heterocycles. The lowest BCUT2D eigenvalue weighted by Crippen LogP contribution is -2.29. The molecule has 2 aromatic rings. The topological polar surface area (TPSA) is 49.4 Å². The summed E-state index contributed by atoms with van der Waals surface area (Å²) in [6.45, 7) is 0.375. The quantitative estimate of drug-likeness (QED) is 0.458. The van der Waals surface area contributed by atoms with Gasteiger partial charge in [0.2, 0.25) is 5.91 Å². The van der Waals surface area contributed by atoms with Gasteiger partial charge in [-0.2, -0.15) is 0 Å². The van der Waals surface area contributed by atoms with Gasteiger partial charge in [0.25, 0.3) is 5.91 Å². The summed E-state index contributed by atoms with van der Waals surface area (Å²) in [7, 11) is 0. The van der Waals surface area contributed by atoms with Crippen LogP contribution in [0.2, 0.25) is 10.0 Å². The Morgan fingerprint density at radius 1 is 1.11 bits per heavy atom. The standard InChI is InChI=1S/C20H16Cl2N2O2S2/c21-14-7-2-1-6-13(14)12-17-19(26)24(20(27)28-17)11-5-10-18(25)23-16-9-4-3-8-15(16)22/h1-4,6-9,12H,5,10-11H2,(H,23,25)/b17-12+. The molecule has 0 atom stereocenters. The zero-order chi connectivity index (χ0) is 20.1. The highest BCUT2D eigenvalue weighted by atomic mass is 35.5. The lowest BCUT2D eigenvalue weighted by molar-refractivity contribution is -0.122. The predicted molar refractivity (Wildman–Crippen MR) is 121 cm³/mol. The lowest BCUT2D eigenvalue weighted by Gasteiger charge is -2.14. The molecule has 2 amide bonds. The van der Waals surface area contributed by atoms with E-state index in [1.165, 1.54) is 16.7 Å². The van der Waals surface area contributed by atoms with Gasteiger partial charge in [-0.05, 0) is 36.3 Å². The SMILES string of the molecule is O=C(CCCN1C(=O)/C(=C\c2ccccc2Cl)SC1=S)Nc1ccccc1Cl. The van der Waals surface area contributed by atoms with Crippen molar-refractivity contribution in [3.05, 3.63) is 69.0 Å². The first kappa shape index (κ1) is 20.9. The van der Waals surface area contributed by atoms with Gasteiger partial charge in [-0.1, -0.05) is 77.5 Å². The molecule has 1 N–H and O–H groups in total. The molecule has 2 aromatic carbocycles. The van der Waals surface area contributed by atoms with Gasteiger partial charge < -0.3 is 5.32 Å². The number of nitrogens with one attached hydrogen (secondary N) is 1. The molecule has 28 heavy (non-hydrogen) atoms. The maximum atomic E-state index is 12.6. The zero-order valence-electron chi connectivity index (χ0n) is 14.7. The van der Waals surface area contributed by atoms with Crippen LogP contribution in [0.4, 0.5) is 5.69 Å². The van der Waals surface area contributed by atoms with Gasteiger partial charge >= 0.3 is 0 Å². The van der Waals surface area contributed by atoms with Crippen molar-refractivity contribution in [1.82, 2.24) is 4.90 Å². The van der Waals surface area contributed by atoms with E-state index in [2.05, 4.69) is 5.32 Å². The first-order valence-corrected chi connectivity index (χ1v) is 10.5. The second-order valence-electron chi connectivity index (χ2n) is 5.99. The maximum Gasteiger partial charge on any atom is 0.266 e. The predicted octanol–water partition coefficient (Wildman–Crippen LogP) is 5.61. The highest BCUT2D eigenvalue weighted by Gasteiger charge is 2.31. The summed E-state index contributed by atoms with van der Waals surface area (Å²) in [5.41, 5.74) is 1.34. The van der Waals surface area contributed by atoms with E-state index >= 15 is 0 Å². The molecule has 1 fully saturated rings. The van der Waals surface area contributed by atoms with Crippen LogP contribution >= 0.6 is 47.2 Å². The van der Waals surface area contributed by atoms with E-state index in [1.807, 2.05) is 18.2 Å². The number of amides is 2. The number of para-hydroxylation sites is 1. The number of hydrogen-bond acceptors (Lipinski definition) is 4. The Labute approximate surface area is 182 Å². The van der Waals surface area contributed by atoms with Gasteiger partial charge in [0.15, 0.2) is 0 Å².